The number of thioether (sulfide) groups is 1. The zero-order valence-electron chi connectivity index (χ0n) is 18.1. The highest BCUT2D eigenvalue weighted by molar-refractivity contribution is 7.99. The number of rotatable bonds is 7. The van der Waals surface area contributed by atoms with Gasteiger partial charge in [0.2, 0.25) is 0 Å². The molecule has 1 fully saturated rings. The smallest absolute Gasteiger partial charge is 0.261 e. The van der Waals surface area contributed by atoms with E-state index in [-0.39, 0.29) is 10.8 Å². The first-order valence-corrected chi connectivity index (χ1v) is 13.9. The van der Waals surface area contributed by atoms with Crippen LogP contribution in [0.5, 0.6) is 0 Å². The lowest BCUT2D eigenvalue weighted by Gasteiger charge is -2.27. The van der Waals surface area contributed by atoms with Crippen molar-refractivity contribution in [2.75, 3.05) is 37.3 Å². The van der Waals surface area contributed by atoms with Crippen molar-refractivity contribution < 1.29 is 17.9 Å². The van der Waals surface area contributed by atoms with Crippen LogP contribution in [0.25, 0.3) is 0 Å². The molecule has 0 radical (unpaired) electrons. The molecule has 9 heteroatoms. The molecule has 4 rings (SSSR count). The minimum absolute atomic E-state index is 0.0522. The van der Waals surface area contributed by atoms with Crippen LogP contribution >= 0.6 is 23.5 Å². The average Bonchev–Trinajstić information content (AvgIpc) is 2.85. The number of nitrogens with zero attached hydrogens (tertiary/aromatic N) is 1. The van der Waals surface area contributed by atoms with Crippen molar-refractivity contribution in [2.24, 2.45) is 0 Å². The summed E-state index contributed by atoms with van der Waals surface area (Å²) < 4.78 is 34.6. The highest BCUT2D eigenvalue weighted by atomic mass is 32.2. The number of hydrogen-bond donors (Lipinski definition) is 1. The summed E-state index contributed by atoms with van der Waals surface area (Å²) in [7, 11) is -3.91. The summed E-state index contributed by atoms with van der Waals surface area (Å²) in [6, 6.07) is 21.7. The summed E-state index contributed by atoms with van der Waals surface area (Å²) in [5.41, 5.74) is 0.876. The molecule has 0 aliphatic carbocycles. The number of hydrogen-bond acceptors (Lipinski definition) is 6. The van der Waals surface area contributed by atoms with E-state index in [2.05, 4.69) is 4.72 Å². The Hall–Kier alpha value is -2.46. The number of benzene rings is 3. The predicted molar refractivity (Wildman–Crippen MR) is 133 cm³/mol. The SMILES string of the molecule is CSc1ccc(S(=O)(=O)Nc2ccccc2Sc2ccccc2)cc1C(=O)N1CCOCC1. The van der Waals surface area contributed by atoms with Crippen molar-refractivity contribution in [3.63, 3.8) is 0 Å². The van der Waals surface area contributed by atoms with Crippen LogP contribution in [0.4, 0.5) is 5.69 Å². The number of ether oxygens (including phenoxy) is 1. The molecule has 0 bridgehead atoms. The van der Waals surface area contributed by atoms with Gasteiger partial charge in [-0.25, -0.2) is 8.42 Å². The van der Waals surface area contributed by atoms with Crippen LogP contribution in [0.2, 0.25) is 0 Å². The lowest BCUT2D eigenvalue weighted by molar-refractivity contribution is 0.0300. The van der Waals surface area contributed by atoms with Gasteiger partial charge in [-0.05, 0) is 48.7 Å². The fraction of sp³-hybridized carbons (Fsp3) is 0.208. The van der Waals surface area contributed by atoms with E-state index in [0.29, 0.717) is 37.6 Å². The van der Waals surface area contributed by atoms with Crippen LogP contribution in [-0.2, 0) is 14.8 Å². The molecule has 3 aromatic rings. The largest absolute Gasteiger partial charge is 0.378 e. The molecule has 3 aromatic carbocycles. The van der Waals surface area contributed by atoms with Gasteiger partial charge in [0.05, 0.1) is 29.4 Å². The maximum Gasteiger partial charge on any atom is 0.261 e. The van der Waals surface area contributed by atoms with Gasteiger partial charge in [0.1, 0.15) is 0 Å². The van der Waals surface area contributed by atoms with Crippen LogP contribution in [0.3, 0.4) is 0 Å². The Morgan fingerprint density at radius 1 is 0.939 bits per heavy atom. The Kier molecular flexibility index (Phi) is 7.64. The first-order chi connectivity index (χ1) is 16.0. The first kappa shape index (κ1) is 23.7. The Morgan fingerprint density at radius 3 is 2.36 bits per heavy atom. The van der Waals surface area contributed by atoms with Gasteiger partial charge in [0.15, 0.2) is 0 Å². The second-order valence-electron chi connectivity index (χ2n) is 7.28. The Bertz CT molecular complexity index is 1230. The van der Waals surface area contributed by atoms with Crippen molar-refractivity contribution in [1.29, 1.82) is 0 Å². The molecular weight excluding hydrogens is 476 g/mol. The number of amides is 1. The van der Waals surface area contributed by atoms with E-state index in [9.17, 15) is 13.2 Å². The Balaban J connectivity index is 1.62. The van der Waals surface area contributed by atoms with Gasteiger partial charge in [0, 0.05) is 27.8 Å². The van der Waals surface area contributed by atoms with Crippen molar-refractivity contribution in [3.8, 4) is 0 Å². The van der Waals surface area contributed by atoms with E-state index in [1.54, 1.807) is 23.1 Å². The lowest BCUT2D eigenvalue weighted by Crippen LogP contribution is -2.41. The second-order valence-corrected chi connectivity index (χ2v) is 10.9. The normalized spacial score (nSPS) is 14.2. The number of para-hydroxylation sites is 1. The highest BCUT2D eigenvalue weighted by Gasteiger charge is 2.24. The molecule has 1 amide bonds. The molecular formula is C24H24N2O4S3. The third-order valence-electron chi connectivity index (χ3n) is 5.11. The van der Waals surface area contributed by atoms with Crippen LogP contribution in [0.15, 0.2) is 92.4 Å². The molecule has 0 unspecified atom stereocenters. The van der Waals surface area contributed by atoms with Crippen LogP contribution in [0, 0.1) is 0 Å². The van der Waals surface area contributed by atoms with E-state index >= 15 is 0 Å². The summed E-state index contributed by atoms with van der Waals surface area (Å²) in [5.74, 6) is -0.181. The van der Waals surface area contributed by atoms with E-state index in [1.165, 1.54) is 35.7 Å². The van der Waals surface area contributed by atoms with Crippen molar-refractivity contribution >= 4 is 45.1 Å². The summed E-state index contributed by atoms with van der Waals surface area (Å²) in [5, 5.41) is 0. The monoisotopic (exact) mass is 500 g/mol. The van der Waals surface area contributed by atoms with E-state index < -0.39 is 10.0 Å². The average molecular weight is 501 g/mol. The second kappa shape index (κ2) is 10.6. The minimum Gasteiger partial charge on any atom is -0.378 e. The minimum atomic E-state index is -3.91. The maximum atomic E-state index is 13.3. The van der Waals surface area contributed by atoms with Crippen LogP contribution in [-0.4, -0.2) is 51.8 Å². The third-order valence-corrected chi connectivity index (χ3v) is 8.36. The topological polar surface area (TPSA) is 75.7 Å². The standard InChI is InChI=1S/C24H24N2O4S3/c1-31-22-12-11-19(17-20(22)24(27)26-13-15-30-16-14-26)33(28,29)25-21-9-5-6-10-23(21)32-18-7-3-2-4-8-18/h2-12,17,25H,13-16H2,1H3. The molecule has 6 nitrogen and oxygen atoms in total. The van der Waals surface area contributed by atoms with E-state index in [1.807, 2.05) is 48.7 Å². The van der Waals surface area contributed by atoms with Gasteiger partial charge in [-0.1, -0.05) is 42.1 Å². The van der Waals surface area contributed by atoms with Gasteiger partial charge in [-0.2, -0.15) is 0 Å². The highest BCUT2D eigenvalue weighted by Crippen LogP contribution is 2.34. The molecule has 0 aromatic heterocycles. The molecule has 33 heavy (non-hydrogen) atoms. The molecule has 1 aliphatic rings. The molecule has 0 spiro atoms. The van der Waals surface area contributed by atoms with Crippen molar-refractivity contribution in [1.82, 2.24) is 4.90 Å². The number of nitrogens with one attached hydrogen (secondary N) is 1. The first-order valence-electron chi connectivity index (χ1n) is 10.4. The summed E-state index contributed by atoms with van der Waals surface area (Å²) in [4.78, 5) is 17.4. The van der Waals surface area contributed by atoms with Gasteiger partial charge in [-0.3, -0.25) is 9.52 Å². The van der Waals surface area contributed by atoms with Gasteiger partial charge in [0.25, 0.3) is 15.9 Å². The Labute approximate surface area is 202 Å². The molecule has 1 N–H and O–H groups in total. The predicted octanol–water partition coefficient (Wildman–Crippen LogP) is 4.83. The number of carbonyl (C=O) groups excluding carboxylic acids is 1. The van der Waals surface area contributed by atoms with Crippen molar-refractivity contribution in [3.05, 3.63) is 78.4 Å². The molecule has 1 aliphatic heterocycles. The van der Waals surface area contributed by atoms with Crippen LogP contribution < -0.4 is 4.72 Å². The summed E-state index contributed by atoms with van der Waals surface area (Å²) in [6.07, 6.45) is 1.87. The number of morpholine rings is 1. The molecule has 172 valence electrons. The summed E-state index contributed by atoms with van der Waals surface area (Å²) in [6.45, 7) is 1.95. The Morgan fingerprint density at radius 2 is 1.64 bits per heavy atom. The number of anilines is 1. The molecule has 1 heterocycles. The molecule has 0 saturated carbocycles. The zero-order valence-corrected chi connectivity index (χ0v) is 20.5. The van der Waals surface area contributed by atoms with Gasteiger partial charge in [-0.15, -0.1) is 11.8 Å². The fourth-order valence-corrected chi connectivity index (χ4v) is 6.08. The van der Waals surface area contributed by atoms with E-state index in [4.69, 9.17) is 4.74 Å². The lowest BCUT2D eigenvalue weighted by atomic mass is 10.2. The van der Waals surface area contributed by atoms with Gasteiger partial charge < -0.3 is 9.64 Å². The molecule has 0 atom stereocenters. The maximum absolute atomic E-state index is 13.3. The van der Waals surface area contributed by atoms with E-state index in [0.717, 1.165) is 14.7 Å². The zero-order chi connectivity index (χ0) is 23.3. The quantitative estimate of drug-likeness (QED) is 0.468. The fourth-order valence-electron chi connectivity index (χ4n) is 3.42. The van der Waals surface area contributed by atoms with Crippen molar-refractivity contribution in [2.45, 2.75) is 19.6 Å². The molecule has 1 saturated heterocycles. The van der Waals surface area contributed by atoms with Gasteiger partial charge >= 0.3 is 0 Å². The number of carbonyl (C=O) groups is 1. The third kappa shape index (κ3) is 5.73. The summed E-state index contributed by atoms with van der Waals surface area (Å²) >= 11 is 2.90. The number of sulfonamides is 1. The van der Waals surface area contributed by atoms with Crippen LogP contribution in [0.1, 0.15) is 10.4 Å².